The van der Waals surface area contributed by atoms with Gasteiger partial charge in [-0.1, -0.05) is 6.08 Å². The van der Waals surface area contributed by atoms with Crippen LogP contribution in [0.15, 0.2) is 12.3 Å². The normalized spacial score (nSPS) is 29.6. The minimum absolute atomic E-state index is 0.338. The van der Waals surface area contributed by atoms with E-state index in [0.717, 1.165) is 6.42 Å². The maximum Gasteiger partial charge on any atom is 0.0860 e. The highest BCUT2D eigenvalue weighted by atomic mass is 16.7. The van der Waals surface area contributed by atoms with E-state index in [0.29, 0.717) is 6.10 Å². The number of nitrogens with one attached hydrogen (secondary N) is 1. The van der Waals surface area contributed by atoms with E-state index >= 15 is 0 Å². The van der Waals surface area contributed by atoms with Gasteiger partial charge in [-0.2, -0.15) is 0 Å². The van der Waals surface area contributed by atoms with E-state index in [-0.39, 0.29) is 0 Å². The monoisotopic (exact) mass is 99.1 g/mol. The van der Waals surface area contributed by atoms with E-state index in [1.807, 2.05) is 13.0 Å². The predicted octanol–water partition coefficient (Wildman–Crippen LogP) is 0.813. The summed E-state index contributed by atoms with van der Waals surface area (Å²) in [6, 6.07) is 0. The summed E-state index contributed by atoms with van der Waals surface area (Å²) in [4.78, 5) is 4.94. The molecule has 0 aliphatic carbocycles. The Morgan fingerprint density at radius 3 is 3.00 bits per heavy atom. The fourth-order valence-corrected chi connectivity index (χ4v) is 0.511. The summed E-state index contributed by atoms with van der Waals surface area (Å²) in [6.45, 7) is 2.02. The molecule has 0 fully saturated rings. The van der Waals surface area contributed by atoms with Crippen molar-refractivity contribution in [1.82, 2.24) is 5.48 Å². The summed E-state index contributed by atoms with van der Waals surface area (Å²) >= 11 is 0. The van der Waals surface area contributed by atoms with Crippen LogP contribution in [0.2, 0.25) is 0 Å². The first kappa shape index (κ1) is 4.65. The molecule has 1 heterocycles. The molecule has 0 saturated carbocycles. The average Bonchev–Trinajstić information content (AvgIpc) is 1.69. The highest BCUT2D eigenvalue weighted by molar-refractivity contribution is 4.82. The van der Waals surface area contributed by atoms with Crippen LogP contribution < -0.4 is 5.48 Å². The highest BCUT2D eigenvalue weighted by Crippen LogP contribution is 1.99. The number of rotatable bonds is 0. The molecule has 1 unspecified atom stereocenters. The van der Waals surface area contributed by atoms with Gasteiger partial charge in [-0.15, -0.1) is 0 Å². The van der Waals surface area contributed by atoms with Crippen molar-refractivity contribution in [2.24, 2.45) is 0 Å². The lowest BCUT2D eigenvalue weighted by molar-refractivity contribution is 0.00287. The molecule has 1 aliphatic rings. The van der Waals surface area contributed by atoms with Crippen molar-refractivity contribution in [2.75, 3.05) is 0 Å². The number of hydrogen-bond donors (Lipinski definition) is 1. The molecule has 1 N–H and O–H groups in total. The second-order valence-corrected chi connectivity index (χ2v) is 1.68. The summed E-state index contributed by atoms with van der Waals surface area (Å²) in [5.41, 5.74) is 2.65. The molecule has 7 heavy (non-hydrogen) atoms. The van der Waals surface area contributed by atoms with Crippen molar-refractivity contribution in [3.05, 3.63) is 12.3 Å². The van der Waals surface area contributed by atoms with E-state index < -0.39 is 0 Å². The predicted molar refractivity (Wildman–Crippen MR) is 27.4 cm³/mol. The summed E-state index contributed by atoms with van der Waals surface area (Å²) in [5.74, 6) is 0. The average molecular weight is 99.1 g/mol. The summed E-state index contributed by atoms with van der Waals surface area (Å²) in [6.07, 6.45) is 5.21. The molecule has 0 bridgehead atoms. The molecule has 0 saturated heterocycles. The van der Waals surface area contributed by atoms with Crippen LogP contribution in [0.5, 0.6) is 0 Å². The van der Waals surface area contributed by atoms with Crippen LogP contribution in [0.25, 0.3) is 0 Å². The van der Waals surface area contributed by atoms with Gasteiger partial charge in [-0.05, 0) is 13.3 Å². The van der Waals surface area contributed by atoms with Gasteiger partial charge >= 0.3 is 0 Å². The Kier molecular flexibility index (Phi) is 1.32. The molecule has 0 spiro atoms. The molecule has 0 aromatic carbocycles. The Morgan fingerprint density at radius 1 is 1.86 bits per heavy atom. The first-order chi connectivity index (χ1) is 3.39. The topological polar surface area (TPSA) is 21.3 Å². The van der Waals surface area contributed by atoms with Gasteiger partial charge in [0.05, 0.1) is 6.10 Å². The molecule has 40 valence electrons. The van der Waals surface area contributed by atoms with Crippen molar-refractivity contribution in [1.29, 1.82) is 0 Å². The van der Waals surface area contributed by atoms with E-state index in [9.17, 15) is 0 Å². The molecule has 2 heteroatoms. The van der Waals surface area contributed by atoms with Gasteiger partial charge in [0.1, 0.15) is 0 Å². The first-order valence-corrected chi connectivity index (χ1v) is 2.46. The van der Waals surface area contributed by atoms with Crippen LogP contribution in [0.3, 0.4) is 0 Å². The van der Waals surface area contributed by atoms with Gasteiger partial charge in [-0.3, -0.25) is 10.3 Å². The largest absolute Gasteiger partial charge is 0.274 e. The standard InChI is InChI=1S/C5H9NO/c1-5-3-2-4-6-7-5/h2,4-6H,3H2,1H3. The first-order valence-electron chi connectivity index (χ1n) is 2.46. The van der Waals surface area contributed by atoms with Crippen LogP contribution in [0.4, 0.5) is 0 Å². The van der Waals surface area contributed by atoms with Crippen LogP contribution in [0.1, 0.15) is 13.3 Å². The minimum Gasteiger partial charge on any atom is -0.274 e. The van der Waals surface area contributed by atoms with E-state index in [4.69, 9.17) is 4.84 Å². The zero-order valence-corrected chi connectivity index (χ0v) is 4.35. The van der Waals surface area contributed by atoms with Gasteiger partial charge in [0, 0.05) is 6.20 Å². The van der Waals surface area contributed by atoms with Crippen LogP contribution in [-0.4, -0.2) is 6.10 Å². The molecule has 0 radical (unpaired) electrons. The fourth-order valence-electron chi connectivity index (χ4n) is 0.511. The van der Waals surface area contributed by atoms with Gasteiger partial charge in [0.25, 0.3) is 0 Å². The molecule has 0 aromatic heterocycles. The summed E-state index contributed by atoms with van der Waals surface area (Å²) < 4.78 is 0. The molecule has 2 nitrogen and oxygen atoms in total. The van der Waals surface area contributed by atoms with Gasteiger partial charge in [-0.25, -0.2) is 0 Å². The summed E-state index contributed by atoms with van der Waals surface area (Å²) in [7, 11) is 0. The van der Waals surface area contributed by atoms with Gasteiger partial charge in [0.15, 0.2) is 0 Å². The second-order valence-electron chi connectivity index (χ2n) is 1.68. The third-order valence-electron chi connectivity index (χ3n) is 0.923. The van der Waals surface area contributed by atoms with Gasteiger partial charge in [0.2, 0.25) is 0 Å². The maximum atomic E-state index is 4.94. The maximum absolute atomic E-state index is 4.94. The second kappa shape index (κ2) is 1.98. The van der Waals surface area contributed by atoms with Crippen molar-refractivity contribution in [2.45, 2.75) is 19.4 Å². The lowest BCUT2D eigenvalue weighted by Gasteiger charge is -2.12. The zero-order valence-electron chi connectivity index (χ0n) is 4.35. The van der Waals surface area contributed by atoms with Crippen LogP contribution >= 0.6 is 0 Å². The smallest absolute Gasteiger partial charge is 0.0860 e. The van der Waals surface area contributed by atoms with Crippen molar-refractivity contribution >= 4 is 0 Å². The third kappa shape index (κ3) is 1.20. The Hall–Kier alpha value is -0.500. The molecular weight excluding hydrogens is 90.1 g/mol. The van der Waals surface area contributed by atoms with Gasteiger partial charge < -0.3 is 0 Å². The number of hydrogen-bond acceptors (Lipinski definition) is 2. The molecule has 1 atom stereocenters. The molecule has 0 amide bonds. The molecule has 1 aliphatic heterocycles. The highest BCUT2D eigenvalue weighted by Gasteiger charge is 1.99. The number of hydroxylamine groups is 1. The van der Waals surface area contributed by atoms with E-state index in [1.165, 1.54) is 0 Å². The lowest BCUT2D eigenvalue weighted by Crippen LogP contribution is -2.19. The van der Waals surface area contributed by atoms with Crippen LogP contribution in [0, 0.1) is 0 Å². The van der Waals surface area contributed by atoms with Crippen molar-refractivity contribution < 1.29 is 4.84 Å². The fraction of sp³-hybridized carbons (Fsp3) is 0.600. The quantitative estimate of drug-likeness (QED) is 0.485. The Labute approximate surface area is 43.1 Å². The van der Waals surface area contributed by atoms with E-state index in [2.05, 4.69) is 5.48 Å². The Balaban J connectivity index is 2.32. The SMILES string of the molecule is CC1CC=CNO1. The van der Waals surface area contributed by atoms with Crippen molar-refractivity contribution in [3.8, 4) is 0 Å². The molecule has 0 aromatic rings. The van der Waals surface area contributed by atoms with Crippen LogP contribution in [-0.2, 0) is 4.84 Å². The zero-order chi connectivity index (χ0) is 5.11. The van der Waals surface area contributed by atoms with E-state index in [1.54, 1.807) is 6.20 Å². The lowest BCUT2D eigenvalue weighted by atomic mass is 10.3. The third-order valence-corrected chi connectivity index (χ3v) is 0.923. The Morgan fingerprint density at radius 2 is 2.71 bits per heavy atom. The molecule has 1 rings (SSSR count). The van der Waals surface area contributed by atoms with Crippen molar-refractivity contribution in [3.63, 3.8) is 0 Å². The Bertz CT molecular complexity index is 80.1. The summed E-state index contributed by atoms with van der Waals surface area (Å²) in [5, 5.41) is 0. The minimum atomic E-state index is 0.338. The molecular formula is C5H9NO.